The molecule has 0 radical (unpaired) electrons. The van der Waals surface area contributed by atoms with Crippen LogP contribution in [0.25, 0.3) is 0 Å². The molecule has 0 heterocycles. The summed E-state index contributed by atoms with van der Waals surface area (Å²) in [5.74, 6) is 0. The highest BCUT2D eigenvalue weighted by Crippen LogP contribution is 2.10. The van der Waals surface area contributed by atoms with Gasteiger partial charge in [-0.2, -0.15) is 0 Å². The van der Waals surface area contributed by atoms with Gasteiger partial charge in [0.1, 0.15) is 0 Å². The van der Waals surface area contributed by atoms with Crippen LogP contribution in [0.1, 0.15) is 92.4 Å². The summed E-state index contributed by atoms with van der Waals surface area (Å²) < 4.78 is 0. The standard InChI is InChI=1S/C17H38N2/c1-6-8-9-10-11-12-13-14-16(18-15-7-2)19-17(3,4)5/h16,18-19H,6-15H2,1-5H3. The Kier molecular flexibility index (Phi) is 11.7. The Morgan fingerprint density at radius 1 is 0.789 bits per heavy atom. The van der Waals surface area contributed by atoms with Gasteiger partial charge in [0.15, 0.2) is 0 Å². The minimum Gasteiger partial charge on any atom is -0.302 e. The van der Waals surface area contributed by atoms with E-state index in [1.54, 1.807) is 0 Å². The Morgan fingerprint density at radius 3 is 1.89 bits per heavy atom. The third-order valence-electron chi connectivity index (χ3n) is 3.34. The first-order valence-corrected chi connectivity index (χ1v) is 8.50. The molecule has 2 nitrogen and oxygen atoms in total. The van der Waals surface area contributed by atoms with Gasteiger partial charge in [0.2, 0.25) is 0 Å². The molecule has 1 atom stereocenters. The molecule has 2 N–H and O–H groups in total. The van der Waals surface area contributed by atoms with Gasteiger partial charge < -0.3 is 5.32 Å². The molecule has 0 spiro atoms. The molecule has 0 saturated heterocycles. The van der Waals surface area contributed by atoms with E-state index < -0.39 is 0 Å². The molecule has 116 valence electrons. The zero-order valence-electron chi connectivity index (χ0n) is 14.1. The third kappa shape index (κ3) is 14.1. The molecule has 1 unspecified atom stereocenters. The molecule has 19 heavy (non-hydrogen) atoms. The van der Waals surface area contributed by atoms with Gasteiger partial charge in [0.25, 0.3) is 0 Å². The quantitative estimate of drug-likeness (QED) is 0.391. The van der Waals surface area contributed by atoms with Gasteiger partial charge in [0, 0.05) is 5.54 Å². The lowest BCUT2D eigenvalue weighted by Crippen LogP contribution is -2.51. The third-order valence-corrected chi connectivity index (χ3v) is 3.34. The lowest BCUT2D eigenvalue weighted by Gasteiger charge is -2.29. The van der Waals surface area contributed by atoms with E-state index in [1.807, 2.05) is 0 Å². The van der Waals surface area contributed by atoms with E-state index in [-0.39, 0.29) is 5.54 Å². The Bertz CT molecular complexity index is 184. The SMILES string of the molecule is CCCCCCCCCC(NCCC)NC(C)(C)C. The van der Waals surface area contributed by atoms with Gasteiger partial charge in [-0.05, 0) is 40.2 Å². The van der Waals surface area contributed by atoms with Crippen molar-refractivity contribution in [1.82, 2.24) is 10.6 Å². The monoisotopic (exact) mass is 270 g/mol. The van der Waals surface area contributed by atoms with Crippen LogP contribution in [-0.2, 0) is 0 Å². The van der Waals surface area contributed by atoms with Gasteiger partial charge in [0.05, 0.1) is 6.17 Å². The van der Waals surface area contributed by atoms with E-state index in [4.69, 9.17) is 0 Å². The van der Waals surface area contributed by atoms with E-state index in [9.17, 15) is 0 Å². The topological polar surface area (TPSA) is 24.1 Å². The zero-order valence-corrected chi connectivity index (χ0v) is 14.1. The van der Waals surface area contributed by atoms with E-state index >= 15 is 0 Å². The van der Waals surface area contributed by atoms with Crippen LogP contribution in [0.15, 0.2) is 0 Å². The van der Waals surface area contributed by atoms with Crippen molar-refractivity contribution in [3.63, 3.8) is 0 Å². The van der Waals surface area contributed by atoms with Crippen molar-refractivity contribution in [2.45, 2.75) is 104 Å². The second kappa shape index (κ2) is 11.7. The van der Waals surface area contributed by atoms with Crippen molar-refractivity contribution in [2.24, 2.45) is 0 Å². The molecule has 0 fully saturated rings. The summed E-state index contributed by atoms with van der Waals surface area (Å²) in [5, 5.41) is 7.32. The van der Waals surface area contributed by atoms with Crippen LogP contribution in [0.5, 0.6) is 0 Å². The maximum absolute atomic E-state index is 3.69. The van der Waals surface area contributed by atoms with E-state index in [0.717, 1.165) is 6.54 Å². The summed E-state index contributed by atoms with van der Waals surface area (Å²) in [6.07, 6.45) is 12.7. The fourth-order valence-electron chi connectivity index (χ4n) is 2.37. The highest BCUT2D eigenvalue weighted by atomic mass is 15.1. The van der Waals surface area contributed by atoms with E-state index in [0.29, 0.717) is 6.17 Å². The van der Waals surface area contributed by atoms with Crippen LogP contribution in [-0.4, -0.2) is 18.2 Å². The highest BCUT2D eigenvalue weighted by Gasteiger charge is 2.15. The predicted octanol–water partition coefficient (Wildman–Crippen LogP) is 4.84. The maximum atomic E-state index is 3.69. The Morgan fingerprint density at radius 2 is 1.37 bits per heavy atom. The lowest BCUT2D eigenvalue weighted by atomic mass is 10.0. The van der Waals surface area contributed by atoms with Crippen LogP contribution in [0, 0.1) is 0 Å². The van der Waals surface area contributed by atoms with Crippen LogP contribution in [0.4, 0.5) is 0 Å². The normalized spacial score (nSPS) is 13.7. The molecular formula is C17H38N2. The molecule has 0 aromatic rings. The first-order chi connectivity index (χ1) is 8.99. The van der Waals surface area contributed by atoms with Crippen molar-refractivity contribution in [3.05, 3.63) is 0 Å². The molecule has 0 aromatic heterocycles. The summed E-state index contributed by atoms with van der Waals surface area (Å²) in [5.41, 5.74) is 0.201. The number of hydrogen-bond donors (Lipinski definition) is 2. The number of unbranched alkanes of at least 4 members (excludes halogenated alkanes) is 6. The summed E-state index contributed by atoms with van der Waals surface area (Å²) in [4.78, 5) is 0. The number of nitrogens with one attached hydrogen (secondary N) is 2. The van der Waals surface area contributed by atoms with Crippen molar-refractivity contribution >= 4 is 0 Å². The molecule has 0 bridgehead atoms. The van der Waals surface area contributed by atoms with Gasteiger partial charge in [-0.15, -0.1) is 0 Å². The van der Waals surface area contributed by atoms with Crippen molar-refractivity contribution < 1.29 is 0 Å². The zero-order chi connectivity index (χ0) is 14.6. The highest BCUT2D eigenvalue weighted by molar-refractivity contribution is 4.76. The summed E-state index contributed by atoms with van der Waals surface area (Å²) in [6.45, 7) is 12.4. The Balaban J connectivity index is 3.67. The predicted molar refractivity (Wildman–Crippen MR) is 87.6 cm³/mol. The molecular weight excluding hydrogens is 232 g/mol. The van der Waals surface area contributed by atoms with Crippen LogP contribution >= 0.6 is 0 Å². The minimum atomic E-state index is 0.201. The largest absolute Gasteiger partial charge is 0.302 e. The van der Waals surface area contributed by atoms with Crippen LogP contribution in [0.3, 0.4) is 0 Å². The number of hydrogen-bond acceptors (Lipinski definition) is 2. The Hall–Kier alpha value is -0.0800. The van der Waals surface area contributed by atoms with Gasteiger partial charge >= 0.3 is 0 Å². The van der Waals surface area contributed by atoms with Gasteiger partial charge in [-0.1, -0.05) is 58.8 Å². The smallest absolute Gasteiger partial charge is 0.0575 e. The molecule has 0 amide bonds. The van der Waals surface area contributed by atoms with Crippen molar-refractivity contribution in [3.8, 4) is 0 Å². The molecule has 0 aliphatic heterocycles. The van der Waals surface area contributed by atoms with E-state index in [1.165, 1.54) is 57.8 Å². The molecule has 0 rings (SSSR count). The average molecular weight is 271 g/mol. The molecule has 0 aromatic carbocycles. The fraction of sp³-hybridized carbons (Fsp3) is 1.00. The van der Waals surface area contributed by atoms with Crippen LogP contribution < -0.4 is 10.6 Å². The molecule has 0 aliphatic rings. The van der Waals surface area contributed by atoms with Gasteiger partial charge in [-0.25, -0.2) is 0 Å². The van der Waals surface area contributed by atoms with E-state index in [2.05, 4.69) is 45.3 Å². The summed E-state index contributed by atoms with van der Waals surface area (Å²) >= 11 is 0. The van der Waals surface area contributed by atoms with Gasteiger partial charge in [-0.3, -0.25) is 5.32 Å². The van der Waals surface area contributed by atoms with Crippen molar-refractivity contribution in [2.75, 3.05) is 6.54 Å². The molecule has 0 aliphatic carbocycles. The summed E-state index contributed by atoms with van der Waals surface area (Å²) in [7, 11) is 0. The first kappa shape index (κ1) is 18.9. The lowest BCUT2D eigenvalue weighted by molar-refractivity contribution is 0.298. The molecule has 2 heteroatoms. The fourth-order valence-corrected chi connectivity index (χ4v) is 2.37. The second-order valence-corrected chi connectivity index (χ2v) is 6.81. The minimum absolute atomic E-state index is 0.201. The summed E-state index contributed by atoms with van der Waals surface area (Å²) in [6, 6.07) is 0. The second-order valence-electron chi connectivity index (χ2n) is 6.81. The number of rotatable bonds is 12. The van der Waals surface area contributed by atoms with Crippen LogP contribution in [0.2, 0.25) is 0 Å². The van der Waals surface area contributed by atoms with Crippen molar-refractivity contribution in [1.29, 1.82) is 0 Å². The Labute approximate surface area is 122 Å². The average Bonchev–Trinajstić information content (AvgIpc) is 2.33. The molecule has 0 saturated carbocycles. The maximum Gasteiger partial charge on any atom is 0.0575 e. The first-order valence-electron chi connectivity index (χ1n) is 8.50.